The van der Waals surface area contributed by atoms with Crippen LogP contribution < -0.4 is 20.1 Å². The Morgan fingerprint density at radius 1 is 1.11 bits per heavy atom. The summed E-state index contributed by atoms with van der Waals surface area (Å²) in [6.07, 6.45) is 5.59. The Morgan fingerprint density at radius 3 is 2.44 bits per heavy atom. The van der Waals surface area contributed by atoms with Crippen molar-refractivity contribution < 1.29 is 9.47 Å². The first kappa shape index (κ1) is 22.1. The monoisotopic (exact) mass is 488 g/mol. The van der Waals surface area contributed by atoms with E-state index in [-0.39, 0.29) is 24.0 Å². The van der Waals surface area contributed by atoms with Crippen molar-refractivity contribution in [1.29, 1.82) is 0 Å². The molecule has 6 nitrogen and oxygen atoms in total. The summed E-state index contributed by atoms with van der Waals surface area (Å²) in [4.78, 5) is 6.99. The molecule has 0 spiro atoms. The Morgan fingerprint density at radius 2 is 1.85 bits per heavy atom. The van der Waals surface area contributed by atoms with Gasteiger partial charge in [0.25, 0.3) is 0 Å². The van der Waals surface area contributed by atoms with Gasteiger partial charge in [-0.1, -0.05) is 6.07 Å². The van der Waals surface area contributed by atoms with Crippen LogP contribution in [-0.4, -0.2) is 57.8 Å². The molecule has 2 N–H and O–H groups in total. The predicted molar refractivity (Wildman–Crippen MR) is 120 cm³/mol. The molecule has 2 aliphatic carbocycles. The normalized spacial score (nSPS) is 16.7. The smallest absolute Gasteiger partial charge is 0.191 e. The van der Waals surface area contributed by atoms with Gasteiger partial charge >= 0.3 is 0 Å². The molecule has 7 heteroatoms. The zero-order valence-electron chi connectivity index (χ0n) is 16.7. The zero-order chi connectivity index (χ0) is 18.4. The minimum absolute atomic E-state index is 0. The average Bonchev–Trinajstić information content (AvgIpc) is 3.56. The standard InChI is InChI=1S/C20H32N4O2.HI/c1-21-20(22-10-11-24(17-7-8-17)14-15-4-5-15)23-13-16-6-9-18(25-2)19(12-16)26-3;/h6,9,12,15,17H,4-5,7-8,10-11,13-14H2,1-3H3,(H2,21,22,23);1H. The lowest BCUT2D eigenvalue weighted by atomic mass is 10.2. The summed E-state index contributed by atoms with van der Waals surface area (Å²) in [5.74, 6) is 3.28. The molecule has 27 heavy (non-hydrogen) atoms. The Labute approximate surface area is 180 Å². The lowest BCUT2D eigenvalue weighted by molar-refractivity contribution is 0.256. The van der Waals surface area contributed by atoms with Crippen LogP contribution in [0.2, 0.25) is 0 Å². The molecule has 0 heterocycles. The Hall–Kier alpha value is -1.22. The highest BCUT2D eigenvalue weighted by Gasteiger charge is 2.33. The molecule has 0 amide bonds. The summed E-state index contributed by atoms with van der Waals surface area (Å²) in [7, 11) is 5.12. The highest BCUT2D eigenvalue weighted by Crippen LogP contribution is 2.34. The van der Waals surface area contributed by atoms with Gasteiger partial charge in [-0.25, -0.2) is 0 Å². The van der Waals surface area contributed by atoms with Crippen molar-refractivity contribution in [3.63, 3.8) is 0 Å². The number of nitrogens with one attached hydrogen (secondary N) is 2. The molecule has 2 saturated carbocycles. The van der Waals surface area contributed by atoms with Crippen molar-refractivity contribution in [2.24, 2.45) is 10.9 Å². The number of guanidine groups is 1. The predicted octanol–water partition coefficient (Wildman–Crippen LogP) is 2.86. The van der Waals surface area contributed by atoms with E-state index in [1.165, 1.54) is 32.2 Å². The fraction of sp³-hybridized carbons (Fsp3) is 0.650. The molecule has 2 fully saturated rings. The summed E-state index contributed by atoms with van der Waals surface area (Å²) >= 11 is 0. The molecule has 0 radical (unpaired) electrons. The van der Waals surface area contributed by atoms with Gasteiger partial charge in [0.1, 0.15) is 0 Å². The molecule has 0 atom stereocenters. The summed E-state index contributed by atoms with van der Waals surface area (Å²) in [5.41, 5.74) is 1.12. The van der Waals surface area contributed by atoms with Gasteiger partial charge in [-0.15, -0.1) is 24.0 Å². The number of hydrogen-bond donors (Lipinski definition) is 2. The van der Waals surface area contributed by atoms with Crippen LogP contribution in [0.15, 0.2) is 23.2 Å². The number of nitrogens with zero attached hydrogens (tertiary/aromatic N) is 2. The maximum Gasteiger partial charge on any atom is 0.191 e. The van der Waals surface area contributed by atoms with Crippen LogP contribution in [0.1, 0.15) is 31.2 Å². The minimum Gasteiger partial charge on any atom is -0.493 e. The highest BCUT2D eigenvalue weighted by molar-refractivity contribution is 14.0. The van der Waals surface area contributed by atoms with Crippen LogP contribution in [0, 0.1) is 5.92 Å². The number of rotatable bonds is 10. The van der Waals surface area contributed by atoms with Crippen LogP contribution in [0.5, 0.6) is 11.5 Å². The first-order valence-electron chi connectivity index (χ1n) is 9.63. The van der Waals surface area contributed by atoms with E-state index in [1.54, 1.807) is 14.2 Å². The lowest BCUT2D eigenvalue weighted by Crippen LogP contribution is -2.42. The lowest BCUT2D eigenvalue weighted by Gasteiger charge is -2.22. The van der Waals surface area contributed by atoms with Gasteiger partial charge < -0.3 is 20.1 Å². The van der Waals surface area contributed by atoms with Gasteiger partial charge in [-0.05, 0) is 49.3 Å². The van der Waals surface area contributed by atoms with E-state index in [4.69, 9.17) is 9.47 Å². The fourth-order valence-electron chi connectivity index (χ4n) is 3.21. The van der Waals surface area contributed by atoms with Gasteiger partial charge in [0.2, 0.25) is 0 Å². The van der Waals surface area contributed by atoms with Crippen molar-refractivity contribution in [3.8, 4) is 11.5 Å². The third kappa shape index (κ3) is 7.03. The molecule has 0 unspecified atom stereocenters. The number of ether oxygens (including phenoxy) is 2. The molecule has 1 aromatic carbocycles. The third-order valence-corrected chi connectivity index (χ3v) is 5.08. The van der Waals surface area contributed by atoms with Crippen molar-refractivity contribution >= 4 is 29.9 Å². The Kier molecular flexibility index (Phi) is 8.95. The maximum absolute atomic E-state index is 5.36. The fourth-order valence-corrected chi connectivity index (χ4v) is 3.21. The molecular formula is C20H33IN4O2. The zero-order valence-corrected chi connectivity index (χ0v) is 19.0. The van der Waals surface area contributed by atoms with Crippen molar-refractivity contribution in [2.45, 2.75) is 38.3 Å². The van der Waals surface area contributed by atoms with Crippen LogP contribution >= 0.6 is 24.0 Å². The van der Waals surface area contributed by atoms with Crippen molar-refractivity contribution in [1.82, 2.24) is 15.5 Å². The summed E-state index contributed by atoms with van der Waals surface area (Å²) in [6.45, 7) is 3.99. The van der Waals surface area contributed by atoms with E-state index in [2.05, 4.69) is 20.5 Å². The van der Waals surface area contributed by atoms with Gasteiger partial charge in [0, 0.05) is 39.3 Å². The molecular weight excluding hydrogens is 455 g/mol. The van der Waals surface area contributed by atoms with Gasteiger partial charge in [-0.3, -0.25) is 9.89 Å². The van der Waals surface area contributed by atoms with Crippen LogP contribution in [0.4, 0.5) is 0 Å². The van der Waals surface area contributed by atoms with Crippen molar-refractivity contribution in [3.05, 3.63) is 23.8 Å². The van der Waals surface area contributed by atoms with Crippen LogP contribution in [-0.2, 0) is 6.54 Å². The summed E-state index contributed by atoms with van der Waals surface area (Å²) in [6, 6.07) is 6.78. The first-order chi connectivity index (χ1) is 12.7. The summed E-state index contributed by atoms with van der Waals surface area (Å²) < 4.78 is 10.6. The average molecular weight is 488 g/mol. The van der Waals surface area contributed by atoms with E-state index < -0.39 is 0 Å². The van der Waals surface area contributed by atoms with E-state index in [9.17, 15) is 0 Å². The SMILES string of the molecule is CN=C(NCCN(CC1CC1)C1CC1)NCc1ccc(OC)c(OC)c1.I. The number of hydrogen-bond acceptors (Lipinski definition) is 4. The van der Waals surface area contributed by atoms with Crippen LogP contribution in [0.25, 0.3) is 0 Å². The second kappa shape index (κ2) is 10.9. The molecule has 3 rings (SSSR count). The maximum atomic E-state index is 5.36. The second-order valence-corrected chi connectivity index (χ2v) is 7.21. The molecule has 0 aliphatic heterocycles. The Bertz CT molecular complexity index is 618. The topological polar surface area (TPSA) is 58.1 Å². The van der Waals surface area contributed by atoms with E-state index in [1.807, 2.05) is 25.2 Å². The van der Waals surface area contributed by atoms with E-state index in [0.717, 1.165) is 48.1 Å². The number of halogens is 1. The molecule has 2 aliphatic rings. The molecule has 1 aromatic rings. The molecule has 0 saturated heterocycles. The molecule has 0 aromatic heterocycles. The largest absolute Gasteiger partial charge is 0.493 e. The van der Waals surface area contributed by atoms with Crippen LogP contribution in [0.3, 0.4) is 0 Å². The van der Waals surface area contributed by atoms with E-state index >= 15 is 0 Å². The molecule has 0 bridgehead atoms. The molecule has 152 valence electrons. The quantitative estimate of drug-likeness (QED) is 0.302. The minimum atomic E-state index is 0. The highest BCUT2D eigenvalue weighted by atomic mass is 127. The first-order valence-corrected chi connectivity index (χ1v) is 9.63. The van der Waals surface area contributed by atoms with Gasteiger partial charge in [0.05, 0.1) is 14.2 Å². The number of benzene rings is 1. The van der Waals surface area contributed by atoms with Crippen molar-refractivity contribution in [2.75, 3.05) is 40.9 Å². The van der Waals surface area contributed by atoms with Gasteiger partial charge in [-0.2, -0.15) is 0 Å². The third-order valence-electron chi connectivity index (χ3n) is 5.08. The Balaban J connectivity index is 0.00000261. The van der Waals surface area contributed by atoms with Gasteiger partial charge in [0.15, 0.2) is 17.5 Å². The number of aliphatic imine (C=N–C) groups is 1. The number of methoxy groups -OCH3 is 2. The summed E-state index contributed by atoms with van der Waals surface area (Å²) in [5, 5.41) is 6.81. The van der Waals surface area contributed by atoms with E-state index in [0.29, 0.717) is 6.54 Å². The second-order valence-electron chi connectivity index (χ2n) is 7.21.